The molecule has 2 N–H and O–H groups in total. The van der Waals surface area contributed by atoms with Gasteiger partial charge in [0, 0.05) is 39.1 Å². The van der Waals surface area contributed by atoms with Crippen molar-refractivity contribution < 1.29 is 4.79 Å². The van der Waals surface area contributed by atoms with Crippen molar-refractivity contribution in [3.63, 3.8) is 0 Å². The first-order valence-corrected chi connectivity index (χ1v) is 10.6. The first kappa shape index (κ1) is 24.2. The van der Waals surface area contributed by atoms with Gasteiger partial charge in [0.05, 0.1) is 6.04 Å². The minimum absolute atomic E-state index is 0. The number of rotatable bonds is 8. The number of likely N-dealkylation sites (tertiary alicyclic amines) is 1. The maximum Gasteiger partial charge on any atom is 0.222 e. The quantitative estimate of drug-likeness (QED) is 0.323. The number of hydrogen-bond acceptors (Lipinski definition) is 4. The molecule has 6 nitrogen and oxygen atoms in total. The molecule has 0 saturated carbocycles. The van der Waals surface area contributed by atoms with Crippen LogP contribution >= 0.6 is 35.3 Å². The van der Waals surface area contributed by atoms with Gasteiger partial charge in [0.25, 0.3) is 0 Å². The molecule has 1 aromatic heterocycles. The van der Waals surface area contributed by atoms with Crippen LogP contribution in [0, 0.1) is 0 Å². The van der Waals surface area contributed by atoms with E-state index in [0.29, 0.717) is 12.5 Å². The molecule has 0 aromatic carbocycles. The number of carbonyl (C=O) groups is 1. The number of likely N-dealkylation sites (N-methyl/N-ethyl adjacent to an activating group) is 1. The summed E-state index contributed by atoms with van der Waals surface area (Å²) in [6.45, 7) is 10.8. The number of hydrogen-bond donors (Lipinski definition) is 2. The van der Waals surface area contributed by atoms with Gasteiger partial charge in [0.2, 0.25) is 5.91 Å². The fourth-order valence-electron chi connectivity index (χ4n) is 3.50. The van der Waals surface area contributed by atoms with Gasteiger partial charge in [-0.25, -0.2) is 0 Å². The van der Waals surface area contributed by atoms with Crippen molar-refractivity contribution in [1.82, 2.24) is 20.4 Å². The highest BCUT2D eigenvalue weighted by Gasteiger charge is 2.26. The van der Waals surface area contributed by atoms with Crippen molar-refractivity contribution in [3.05, 3.63) is 22.4 Å². The van der Waals surface area contributed by atoms with Crippen molar-refractivity contribution in [2.24, 2.45) is 4.99 Å². The second-order valence-electron chi connectivity index (χ2n) is 6.57. The van der Waals surface area contributed by atoms with E-state index in [2.05, 4.69) is 51.2 Å². The largest absolute Gasteiger partial charge is 0.354 e. The van der Waals surface area contributed by atoms with Gasteiger partial charge >= 0.3 is 0 Å². The van der Waals surface area contributed by atoms with Crippen molar-refractivity contribution in [2.45, 2.75) is 45.7 Å². The molecule has 1 saturated heterocycles. The van der Waals surface area contributed by atoms with Crippen molar-refractivity contribution in [3.8, 4) is 0 Å². The number of nitrogens with one attached hydrogen (secondary N) is 2. The predicted molar refractivity (Wildman–Crippen MR) is 125 cm³/mol. The molecule has 0 spiro atoms. The number of amides is 1. The summed E-state index contributed by atoms with van der Waals surface area (Å²) >= 11 is 1.74. The van der Waals surface area contributed by atoms with Gasteiger partial charge in [-0.15, -0.1) is 24.0 Å². The van der Waals surface area contributed by atoms with E-state index >= 15 is 0 Å². The minimum atomic E-state index is 0. The van der Waals surface area contributed by atoms with Crippen LogP contribution in [0.2, 0.25) is 0 Å². The van der Waals surface area contributed by atoms with Crippen molar-refractivity contribution in [1.29, 1.82) is 0 Å². The Hall–Kier alpha value is -0.870. The summed E-state index contributed by atoms with van der Waals surface area (Å²) in [7, 11) is 1.80. The van der Waals surface area contributed by atoms with E-state index in [0.717, 1.165) is 45.1 Å². The molecular weight excluding hydrogens is 473 g/mol. The lowest BCUT2D eigenvalue weighted by Gasteiger charge is -2.30. The number of thiophene rings is 1. The van der Waals surface area contributed by atoms with E-state index in [1.54, 1.807) is 18.4 Å². The lowest BCUT2D eigenvalue weighted by Crippen LogP contribution is -2.47. The molecule has 2 heterocycles. The molecular formula is C19H34IN5OS. The summed E-state index contributed by atoms with van der Waals surface area (Å²) in [6.07, 6.45) is 1.54. The molecule has 2 rings (SSSR count). The van der Waals surface area contributed by atoms with Crippen LogP contribution in [0.25, 0.3) is 0 Å². The van der Waals surface area contributed by atoms with Gasteiger partial charge in [-0.1, -0.05) is 20.8 Å². The standard InChI is InChI=1S/C19H33N5OS.HI/c1-5-18(25)24-10-8-16(13-24)22-19(20-4)21-12-17(23(6-2)7-3)15-9-11-26-14-15;/h9,11,14,16-17H,5-8,10,12-13H2,1-4H3,(H2,20,21,22);1H. The van der Waals surface area contributed by atoms with E-state index in [9.17, 15) is 4.79 Å². The van der Waals surface area contributed by atoms with E-state index in [1.807, 2.05) is 11.8 Å². The van der Waals surface area contributed by atoms with Gasteiger partial charge in [-0.05, 0) is 41.9 Å². The molecule has 1 aliphatic rings. The van der Waals surface area contributed by atoms with Crippen LogP contribution < -0.4 is 10.6 Å². The van der Waals surface area contributed by atoms with Gasteiger partial charge in [-0.2, -0.15) is 11.3 Å². The third-order valence-corrected chi connectivity index (χ3v) is 5.75. The molecule has 2 atom stereocenters. The maximum atomic E-state index is 11.9. The molecule has 8 heteroatoms. The molecule has 2 unspecified atom stereocenters. The minimum Gasteiger partial charge on any atom is -0.354 e. The van der Waals surface area contributed by atoms with Crippen LogP contribution in [0.15, 0.2) is 21.8 Å². The van der Waals surface area contributed by atoms with E-state index in [-0.39, 0.29) is 35.9 Å². The van der Waals surface area contributed by atoms with Gasteiger partial charge in [0.15, 0.2) is 5.96 Å². The molecule has 1 fully saturated rings. The molecule has 1 aliphatic heterocycles. The van der Waals surface area contributed by atoms with Crippen LogP contribution in [-0.2, 0) is 4.79 Å². The molecule has 27 heavy (non-hydrogen) atoms. The Bertz CT molecular complexity index is 577. The third-order valence-electron chi connectivity index (χ3n) is 5.05. The van der Waals surface area contributed by atoms with Crippen LogP contribution in [0.4, 0.5) is 0 Å². The fourth-order valence-corrected chi connectivity index (χ4v) is 4.20. The first-order valence-electron chi connectivity index (χ1n) is 9.63. The average Bonchev–Trinajstić information content (AvgIpc) is 3.35. The fraction of sp³-hybridized carbons (Fsp3) is 0.684. The summed E-state index contributed by atoms with van der Waals surface area (Å²) in [4.78, 5) is 20.6. The smallest absolute Gasteiger partial charge is 0.222 e. The van der Waals surface area contributed by atoms with Crippen LogP contribution in [0.5, 0.6) is 0 Å². The number of carbonyl (C=O) groups excluding carboxylic acids is 1. The second-order valence-corrected chi connectivity index (χ2v) is 7.35. The molecule has 0 aliphatic carbocycles. The van der Waals surface area contributed by atoms with Crippen LogP contribution in [-0.4, -0.2) is 67.5 Å². The molecule has 1 amide bonds. The average molecular weight is 507 g/mol. The Morgan fingerprint density at radius 1 is 1.41 bits per heavy atom. The first-order chi connectivity index (χ1) is 12.6. The Kier molecular flexibility index (Phi) is 11.2. The zero-order valence-corrected chi connectivity index (χ0v) is 20.0. The summed E-state index contributed by atoms with van der Waals surface area (Å²) in [5.74, 6) is 1.05. The SMILES string of the molecule is CCC(=O)N1CCC(NC(=NC)NCC(c2ccsc2)N(CC)CC)C1.I. The van der Waals surface area contributed by atoms with Crippen molar-refractivity contribution in [2.75, 3.05) is 39.8 Å². The predicted octanol–water partition coefficient (Wildman–Crippen LogP) is 2.92. The molecule has 0 radical (unpaired) electrons. The van der Waals surface area contributed by atoms with Gasteiger partial charge in [-0.3, -0.25) is 14.7 Å². The molecule has 154 valence electrons. The topological polar surface area (TPSA) is 60.0 Å². The zero-order valence-electron chi connectivity index (χ0n) is 16.9. The molecule has 0 bridgehead atoms. The number of nitrogens with zero attached hydrogens (tertiary/aromatic N) is 3. The number of halogens is 1. The van der Waals surface area contributed by atoms with Gasteiger partial charge < -0.3 is 15.5 Å². The van der Waals surface area contributed by atoms with Crippen LogP contribution in [0.1, 0.15) is 45.2 Å². The lowest BCUT2D eigenvalue weighted by atomic mass is 10.1. The van der Waals surface area contributed by atoms with Gasteiger partial charge in [0.1, 0.15) is 0 Å². The second kappa shape index (κ2) is 12.6. The number of aliphatic imine (C=N–C) groups is 1. The highest BCUT2D eigenvalue weighted by Crippen LogP contribution is 2.22. The Morgan fingerprint density at radius 3 is 2.70 bits per heavy atom. The van der Waals surface area contributed by atoms with Crippen molar-refractivity contribution >= 4 is 47.2 Å². The van der Waals surface area contributed by atoms with Crippen LogP contribution in [0.3, 0.4) is 0 Å². The monoisotopic (exact) mass is 507 g/mol. The highest BCUT2D eigenvalue weighted by atomic mass is 127. The zero-order chi connectivity index (χ0) is 18.9. The summed E-state index contributed by atoms with van der Waals surface area (Å²) in [5.41, 5.74) is 1.35. The van der Waals surface area contributed by atoms with E-state index in [4.69, 9.17) is 0 Å². The number of guanidine groups is 1. The van der Waals surface area contributed by atoms with E-state index < -0.39 is 0 Å². The summed E-state index contributed by atoms with van der Waals surface area (Å²) in [6, 6.07) is 2.80. The summed E-state index contributed by atoms with van der Waals surface area (Å²) in [5, 5.41) is 11.3. The lowest BCUT2D eigenvalue weighted by molar-refractivity contribution is -0.129. The summed E-state index contributed by atoms with van der Waals surface area (Å²) < 4.78 is 0. The Balaban J connectivity index is 0.00000364. The Morgan fingerprint density at radius 2 is 2.15 bits per heavy atom. The molecule has 1 aromatic rings. The Labute approximate surface area is 184 Å². The third kappa shape index (κ3) is 6.90. The van der Waals surface area contributed by atoms with E-state index in [1.165, 1.54) is 5.56 Å². The maximum absolute atomic E-state index is 11.9. The highest BCUT2D eigenvalue weighted by molar-refractivity contribution is 14.0. The normalized spacial score (nSPS) is 18.3.